The summed E-state index contributed by atoms with van der Waals surface area (Å²) >= 11 is 0. The summed E-state index contributed by atoms with van der Waals surface area (Å²) in [7, 11) is -3.61. The van der Waals surface area contributed by atoms with Crippen molar-refractivity contribution < 1.29 is 13.2 Å². The molecule has 0 bridgehead atoms. The van der Waals surface area contributed by atoms with Gasteiger partial charge >= 0.3 is 0 Å². The first-order valence-electron chi connectivity index (χ1n) is 4.82. The molecule has 0 radical (unpaired) electrons. The van der Waals surface area contributed by atoms with E-state index in [9.17, 15) is 13.2 Å². The van der Waals surface area contributed by atoms with E-state index in [1.165, 1.54) is 4.90 Å². The first-order valence-corrected chi connectivity index (χ1v) is 6.53. The highest BCUT2D eigenvalue weighted by Gasteiger charge is 2.27. The van der Waals surface area contributed by atoms with Gasteiger partial charge in [-0.15, -0.1) is 0 Å². The Hall–Kier alpha value is -0.660. The number of amides is 1. The van der Waals surface area contributed by atoms with Crippen LogP contribution in [0.4, 0.5) is 0 Å². The van der Waals surface area contributed by atoms with Crippen LogP contribution < -0.4 is 5.14 Å². The summed E-state index contributed by atoms with van der Waals surface area (Å²) in [6, 6.07) is 0.297. The Morgan fingerprint density at radius 1 is 1.40 bits per heavy atom. The molecule has 0 aromatic heterocycles. The van der Waals surface area contributed by atoms with Crippen molar-refractivity contribution in [3.63, 3.8) is 0 Å². The van der Waals surface area contributed by atoms with Crippen molar-refractivity contribution in [2.45, 2.75) is 19.9 Å². The van der Waals surface area contributed by atoms with E-state index >= 15 is 0 Å². The Balaban J connectivity index is 2.57. The van der Waals surface area contributed by atoms with Crippen molar-refractivity contribution in [1.29, 1.82) is 0 Å². The monoisotopic (exact) mass is 235 g/mol. The molecule has 1 saturated heterocycles. The minimum Gasteiger partial charge on any atom is -0.325 e. The number of nitrogens with two attached hydrogens (primary N) is 1. The zero-order valence-corrected chi connectivity index (χ0v) is 9.83. The number of rotatable bonds is 3. The quantitative estimate of drug-likeness (QED) is 0.665. The van der Waals surface area contributed by atoms with Crippen LogP contribution >= 0.6 is 0 Å². The van der Waals surface area contributed by atoms with E-state index < -0.39 is 10.0 Å². The van der Waals surface area contributed by atoms with Crippen LogP contribution in [0.5, 0.6) is 0 Å². The third kappa shape index (κ3) is 3.77. The van der Waals surface area contributed by atoms with E-state index in [0.717, 1.165) is 0 Å². The van der Waals surface area contributed by atoms with Crippen LogP contribution in [0.1, 0.15) is 13.8 Å². The number of nitrogens with zero attached hydrogens (tertiary/aromatic N) is 2. The highest BCUT2D eigenvalue weighted by molar-refractivity contribution is 7.89. The van der Waals surface area contributed by atoms with E-state index in [4.69, 9.17) is 5.14 Å². The topological polar surface area (TPSA) is 83.7 Å². The van der Waals surface area contributed by atoms with E-state index in [1.807, 2.05) is 18.7 Å². The Morgan fingerprint density at radius 3 is 2.40 bits per heavy atom. The minimum absolute atomic E-state index is 0.177. The number of piperazine rings is 1. The molecule has 1 heterocycles. The van der Waals surface area contributed by atoms with Crippen LogP contribution in [0.15, 0.2) is 0 Å². The van der Waals surface area contributed by atoms with Gasteiger partial charge in [-0.3, -0.25) is 9.69 Å². The first-order chi connectivity index (χ1) is 6.79. The number of hydrogen-bond donors (Lipinski definition) is 1. The number of sulfonamides is 1. The lowest BCUT2D eigenvalue weighted by atomic mass is 10.2. The van der Waals surface area contributed by atoms with Gasteiger partial charge in [-0.1, -0.05) is 0 Å². The third-order valence-corrected chi connectivity index (χ3v) is 3.09. The van der Waals surface area contributed by atoms with Gasteiger partial charge in [0, 0.05) is 19.1 Å². The van der Waals surface area contributed by atoms with Crippen molar-refractivity contribution in [2.75, 3.05) is 25.5 Å². The zero-order valence-electron chi connectivity index (χ0n) is 9.01. The summed E-state index contributed by atoms with van der Waals surface area (Å²) in [5, 5.41) is 4.89. The molecule has 7 heteroatoms. The lowest BCUT2D eigenvalue weighted by Crippen LogP contribution is -2.54. The molecular weight excluding hydrogens is 218 g/mol. The Morgan fingerprint density at radius 2 is 2.00 bits per heavy atom. The molecule has 6 nitrogen and oxygen atoms in total. The lowest BCUT2D eigenvalue weighted by molar-refractivity contribution is -0.135. The summed E-state index contributed by atoms with van der Waals surface area (Å²) in [6.07, 6.45) is 0. The van der Waals surface area contributed by atoms with Crippen LogP contribution in [0, 0.1) is 0 Å². The fourth-order valence-electron chi connectivity index (χ4n) is 1.52. The van der Waals surface area contributed by atoms with Crippen LogP contribution in [-0.2, 0) is 14.8 Å². The molecule has 1 aliphatic rings. The van der Waals surface area contributed by atoms with E-state index in [2.05, 4.69) is 0 Å². The van der Waals surface area contributed by atoms with Gasteiger partial charge in [0.2, 0.25) is 15.9 Å². The molecule has 0 unspecified atom stereocenters. The molecule has 15 heavy (non-hydrogen) atoms. The average molecular weight is 235 g/mol. The predicted octanol–water partition coefficient (Wildman–Crippen LogP) is -1.21. The second kappa shape index (κ2) is 4.46. The van der Waals surface area contributed by atoms with Crippen molar-refractivity contribution >= 4 is 15.9 Å². The zero-order chi connectivity index (χ0) is 11.6. The molecule has 1 aliphatic heterocycles. The van der Waals surface area contributed by atoms with Crippen molar-refractivity contribution in [3.8, 4) is 0 Å². The van der Waals surface area contributed by atoms with Gasteiger partial charge in [0.25, 0.3) is 0 Å². The van der Waals surface area contributed by atoms with Gasteiger partial charge < -0.3 is 4.90 Å². The second-order valence-corrected chi connectivity index (χ2v) is 5.60. The number of primary sulfonamides is 1. The first kappa shape index (κ1) is 12.4. The van der Waals surface area contributed by atoms with Crippen LogP contribution in [0.25, 0.3) is 0 Å². The maximum atomic E-state index is 11.6. The Labute approximate surface area is 90.1 Å². The van der Waals surface area contributed by atoms with Crippen LogP contribution in [0.3, 0.4) is 0 Å². The summed E-state index contributed by atoms with van der Waals surface area (Å²) < 4.78 is 21.7. The smallest absolute Gasteiger partial charge is 0.237 e. The molecule has 0 spiro atoms. The highest BCUT2D eigenvalue weighted by atomic mass is 32.2. The SMILES string of the molecule is CC(C)N1CCN(CS(N)(=O)=O)C(=O)C1. The average Bonchev–Trinajstić information content (AvgIpc) is 2.05. The van der Waals surface area contributed by atoms with Crippen LogP contribution in [0.2, 0.25) is 0 Å². The molecule has 0 atom stereocenters. The molecule has 0 saturated carbocycles. The highest BCUT2D eigenvalue weighted by Crippen LogP contribution is 2.07. The van der Waals surface area contributed by atoms with Gasteiger partial charge in [-0.2, -0.15) is 0 Å². The van der Waals surface area contributed by atoms with Crippen LogP contribution in [-0.4, -0.2) is 55.7 Å². The minimum atomic E-state index is -3.61. The van der Waals surface area contributed by atoms with Gasteiger partial charge in [-0.05, 0) is 13.8 Å². The van der Waals surface area contributed by atoms with Crippen molar-refractivity contribution in [3.05, 3.63) is 0 Å². The molecule has 1 rings (SSSR count). The Kier molecular flexibility index (Phi) is 3.69. The molecule has 0 aliphatic carbocycles. The summed E-state index contributed by atoms with van der Waals surface area (Å²) in [5.74, 6) is -0.554. The second-order valence-electron chi connectivity index (χ2n) is 4.01. The van der Waals surface area contributed by atoms with Gasteiger partial charge in [-0.25, -0.2) is 13.6 Å². The molecule has 0 aromatic carbocycles. The standard InChI is InChI=1S/C8H17N3O3S/c1-7(2)10-3-4-11(8(12)5-10)6-15(9,13)14/h7H,3-6H2,1-2H3,(H2,9,13,14). The van der Waals surface area contributed by atoms with Crippen molar-refractivity contribution in [1.82, 2.24) is 9.80 Å². The maximum absolute atomic E-state index is 11.6. The number of hydrogen-bond acceptors (Lipinski definition) is 4. The summed E-state index contributed by atoms with van der Waals surface area (Å²) in [5.41, 5.74) is 0. The molecule has 0 aromatic rings. The van der Waals surface area contributed by atoms with Gasteiger partial charge in [0.05, 0.1) is 6.54 Å². The fourth-order valence-corrected chi connectivity index (χ4v) is 2.23. The molecule has 1 amide bonds. The maximum Gasteiger partial charge on any atom is 0.237 e. The largest absolute Gasteiger partial charge is 0.325 e. The molecule has 1 fully saturated rings. The summed E-state index contributed by atoms with van der Waals surface area (Å²) in [4.78, 5) is 14.8. The predicted molar refractivity (Wildman–Crippen MR) is 56.4 cm³/mol. The van der Waals surface area contributed by atoms with E-state index in [0.29, 0.717) is 19.1 Å². The summed E-state index contributed by atoms with van der Waals surface area (Å²) in [6.45, 7) is 5.39. The van der Waals surface area contributed by atoms with Gasteiger partial charge in [0.1, 0.15) is 5.88 Å². The molecule has 88 valence electrons. The van der Waals surface area contributed by atoms with Gasteiger partial charge in [0.15, 0.2) is 0 Å². The fraction of sp³-hybridized carbons (Fsp3) is 0.875. The van der Waals surface area contributed by atoms with Crippen molar-refractivity contribution in [2.24, 2.45) is 5.14 Å². The molecular formula is C8H17N3O3S. The third-order valence-electron chi connectivity index (χ3n) is 2.41. The Bertz CT molecular complexity index is 339. The molecule has 2 N–H and O–H groups in total. The van der Waals surface area contributed by atoms with E-state index in [1.54, 1.807) is 0 Å². The number of carbonyl (C=O) groups excluding carboxylic acids is 1. The number of carbonyl (C=O) groups is 1. The van der Waals surface area contributed by atoms with E-state index in [-0.39, 0.29) is 18.3 Å². The lowest BCUT2D eigenvalue weighted by Gasteiger charge is -2.35. The normalized spacial score (nSPS) is 20.0.